The van der Waals surface area contributed by atoms with Gasteiger partial charge in [0.05, 0.1) is 6.04 Å². The van der Waals surface area contributed by atoms with Gasteiger partial charge in [-0.3, -0.25) is 0 Å². The van der Waals surface area contributed by atoms with Crippen LogP contribution < -0.4 is 15.2 Å². The van der Waals surface area contributed by atoms with E-state index in [-0.39, 0.29) is 5.56 Å². The first kappa shape index (κ1) is 14.3. The van der Waals surface area contributed by atoms with Crippen molar-refractivity contribution in [2.75, 3.05) is 13.2 Å². The second-order valence-corrected chi connectivity index (χ2v) is 5.49. The van der Waals surface area contributed by atoms with Crippen LogP contribution >= 0.6 is 15.9 Å². The van der Waals surface area contributed by atoms with Crippen LogP contribution in [0.1, 0.15) is 17.2 Å². The summed E-state index contributed by atoms with van der Waals surface area (Å²) in [5.41, 5.74) is 6.78. The van der Waals surface area contributed by atoms with Gasteiger partial charge in [-0.2, -0.15) is 0 Å². The molecule has 2 N–H and O–H groups in total. The third kappa shape index (κ3) is 2.61. The molecule has 0 amide bonds. The van der Waals surface area contributed by atoms with Crippen LogP contribution in [0.15, 0.2) is 34.8 Å². The molecule has 1 heterocycles. The summed E-state index contributed by atoms with van der Waals surface area (Å²) in [5.74, 6) is -0.709. The summed E-state index contributed by atoms with van der Waals surface area (Å²) in [6, 6.07) is 6.55. The fourth-order valence-corrected chi connectivity index (χ4v) is 2.82. The Kier molecular flexibility index (Phi) is 3.82. The molecule has 0 saturated carbocycles. The highest BCUT2D eigenvalue weighted by molar-refractivity contribution is 9.10. The molecule has 0 aliphatic carbocycles. The van der Waals surface area contributed by atoms with Crippen molar-refractivity contribution in [1.82, 2.24) is 0 Å². The minimum atomic E-state index is -0.938. The zero-order chi connectivity index (χ0) is 15.0. The average Bonchev–Trinajstić information content (AvgIpc) is 2.48. The van der Waals surface area contributed by atoms with E-state index in [1.807, 2.05) is 0 Å². The molecule has 0 saturated heterocycles. The molecule has 21 heavy (non-hydrogen) atoms. The maximum atomic E-state index is 13.9. The number of hydrogen-bond acceptors (Lipinski definition) is 3. The number of rotatable bonds is 2. The fraction of sp³-hybridized carbons (Fsp3) is 0.200. The molecule has 110 valence electrons. The molecule has 1 aliphatic rings. The number of halogens is 3. The molecule has 1 aliphatic heterocycles. The lowest BCUT2D eigenvalue weighted by molar-refractivity contribution is 0.171. The highest BCUT2D eigenvalue weighted by Gasteiger charge is 2.22. The van der Waals surface area contributed by atoms with Gasteiger partial charge in [-0.1, -0.05) is 28.1 Å². The van der Waals surface area contributed by atoms with Crippen LogP contribution in [-0.4, -0.2) is 13.2 Å². The number of ether oxygens (including phenoxy) is 2. The summed E-state index contributed by atoms with van der Waals surface area (Å²) >= 11 is 3.38. The van der Waals surface area contributed by atoms with Gasteiger partial charge in [0.25, 0.3) is 0 Å². The van der Waals surface area contributed by atoms with E-state index < -0.39 is 17.7 Å². The predicted octanol–water partition coefficient (Wildman–Crippen LogP) is 3.55. The van der Waals surface area contributed by atoms with E-state index in [2.05, 4.69) is 15.9 Å². The van der Waals surface area contributed by atoms with Crippen molar-refractivity contribution in [2.24, 2.45) is 5.73 Å². The minimum Gasteiger partial charge on any atom is -0.486 e. The first-order valence-corrected chi connectivity index (χ1v) is 7.15. The Labute approximate surface area is 128 Å². The van der Waals surface area contributed by atoms with E-state index in [1.165, 1.54) is 12.1 Å². The number of hydrogen-bond donors (Lipinski definition) is 1. The molecule has 2 aromatic carbocycles. The second kappa shape index (κ2) is 5.61. The zero-order valence-corrected chi connectivity index (χ0v) is 12.5. The Bertz CT molecular complexity index is 694. The number of nitrogens with two attached hydrogens (primary N) is 1. The lowest BCUT2D eigenvalue weighted by Gasteiger charge is -2.22. The third-order valence-corrected chi connectivity index (χ3v) is 4.00. The standard InChI is InChI=1S/C15H12BrF2NO2/c16-10-7-13-12(20-4-5-21-13)6-9(10)15(19)8-2-1-3-11(17)14(8)18/h1-3,6-7,15H,4-5,19H2. The van der Waals surface area contributed by atoms with Crippen molar-refractivity contribution in [3.63, 3.8) is 0 Å². The monoisotopic (exact) mass is 355 g/mol. The molecular weight excluding hydrogens is 344 g/mol. The molecule has 0 fully saturated rings. The fourth-order valence-electron chi connectivity index (χ4n) is 2.25. The Balaban J connectivity index is 2.05. The molecule has 3 rings (SSSR count). The molecule has 0 radical (unpaired) electrons. The van der Waals surface area contributed by atoms with Crippen molar-refractivity contribution in [3.8, 4) is 11.5 Å². The first-order valence-electron chi connectivity index (χ1n) is 6.36. The topological polar surface area (TPSA) is 44.5 Å². The van der Waals surface area contributed by atoms with E-state index >= 15 is 0 Å². The van der Waals surface area contributed by atoms with Gasteiger partial charge in [0.2, 0.25) is 0 Å². The summed E-state index contributed by atoms with van der Waals surface area (Å²) in [5, 5.41) is 0. The molecule has 1 atom stereocenters. The Morgan fingerprint density at radius 1 is 1.05 bits per heavy atom. The van der Waals surface area contributed by atoms with E-state index in [0.29, 0.717) is 34.7 Å². The third-order valence-electron chi connectivity index (χ3n) is 3.31. The maximum Gasteiger partial charge on any atom is 0.163 e. The van der Waals surface area contributed by atoms with Crippen LogP contribution in [0.5, 0.6) is 11.5 Å². The van der Waals surface area contributed by atoms with Gasteiger partial charge in [0.1, 0.15) is 13.2 Å². The van der Waals surface area contributed by atoms with Crippen molar-refractivity contribution < 1.29 is 18.3 Å². The first-order chi connectivity index (χ1) is 10.1. The molecule has 0 aromatic heterocycles. The SMILES string of the molecule is NC(c1cc2c(cc1Br)OCCO2)c1cccc(F)c1F. The van der Waals surface area contributed by atoms with Crippen molar-refractivity contribution >= 4 is 15.9 Å². The lowest BCUT2D eigenvalue weighted by Crippen LogP contribution is -2.18. The van der Waals surface area contributed by atoms with Crippen LogP contribution in [0.25, 0.3) is 0 Å². The minimum absolute atomic E-state index is 0.0902. The molecule has 0 spiro atoms. The van der Waals surface area contributed by atoms with Crippen LogP contribution in [0.3, 0.4) is 0 Å². The van der Waals surface area contributed by atoms with E-state index in [9.17, 15) is 8.78 Å². The van der Waals surface area contributed by atoms with Crippen molar-refractivity contribution in [3.05, 3.63) is 57.6 Å². The number of fused-ring (bicyclic) bond motifs is 1. The van der Waals surface area contributed by atoms with Crippen LogP contribution in [0.2, 0.25) is 0 Å². The largest absolute Gasteiger partial charge is 0.486 e. The van der Waals surface area contributed by atoms with E-state index in [4.69, 9.17) is 15.2 Å². The molecule has 2 aromatic rings. The summed E-state index contributed by atoms with van der Waals surface area (Å²) in [4.78, 5) is 0. The molecular formula is C15H12BrF2NO2. The molecule has 3 nitrogen and oxygen atoms in total. The van der Waals surface area contributed by atoms with Crippen LogP contribution in [0, 0.1) is 11.6 Å². The van der Waals surface area contributed by atoms with Gasteiger partial charge in [-0.15, -0.1) is 0 Å². The second-order valence-electron chi connectivity index (χ2n) is 4.64. The molecule has 0 bridgehead atoms. The van der Waals surface area contributed by atoms with Crippen LogP contribution in [0.4, 0.5) is 8.78 Å². The summed E-state index contributed by atoms with van der Waals surface area (Å²) in [6.07, 6.45) is 0. The van der Waals surface area contributed by atoms with Gasteiger partial charge in [-0.05, 0) is 23.8 Å². The van der Waals surface area contributed by atoms with E-state index in [0.717, 1.165) is 6.07 Å². The van der Waals surface area contributed by atoms with Gasteiger partial charge >= 0.3 is 0 Å². The highest BCUT2D eigenvalue weighted by Crippen LogP contribution is 2.39. The van der Waals surface area contributed by atoms with Crippen LogP contribution in [-0.2, 0) is 0 Å². The Morgan fingerprint density at radius 3 is 2.43 bits per heavy atom. The highest BCUT2D eigenvalue weighted by atomic mass is 79.9. The predicted molar refractivity (Wildman–Crippen MR) is 77.5 cm³/mol. The maximum absolute atomic E-state index is 13.9. The summed E-state index contributed by atoms with van der Waals surface area (Å²) in [7, 11) is 0. The average molecular weight is 356 g/mol. The quantitative estimate of drug-likeness (QED) is 0.895. The van der Waals surface area contributed by atoms with E-state index in [1.54, 1.807) is 12.1 Å². The Morgan fingerprint density at radius 2 is 1.71 bits per heavy atom. The van der Waals surface area contributed by atoms with Gasteiger partial charge in [-0.25, -0.2) is 8.78 Å². The van der Waals surface area contributed by atoms with Gasteiger partial charge in [0, 0.05) is 10.0 Å². The van der Waals surface area contributed by atoms with Gasteiger partial charge < -0.3 is 15.2 Å². The lowest BCUT2D eigenvalue weighted by atomic mass is 9.98. The van der Waals surface area contributed by atoms with Gasteiger partial charge in [0.15, 0.2) is 23.1 Å². The normalized spacial score (nSPS) is 14.9. The summed E-state index contributed by atoms with van der Waals surface area (Å²) < 4.78 is 38.8. The smallest absolute Gasteiger partial charge is 0.163 e. The Hall–Kier alpha value is -1.66. The van der Waals surface area contributed by atoms with Crippen molar-refractivity contribution in [2.45, 2.75) is 6.04 Å². The summed E-state index contributed by atoms with van der Waals surface area (Å²) in [6.45, 7) is 0.918. The molecule has 6 heteroatoms. The van der Waals surface area contributed by atoms with Crippen molar-refractivity contribution in [1.29, 1.82) is 0 Å². The number of benzene rings is 2. The zero-order valence-electron chi connectivity index (χ0n) is 10.9. The molecule has 1 unspecified atom stereocenters.